The molecule has 0 bridgehead atoms. The van der Waals surface area contributed by atoms with Gasteiger partial charge in [-0.15, -0.1) is 11.8 Å². The number of Topliss-reactive ketones (excluding diaryl/α,β-unsaturated/α-hetero) is 1. The van der Waals surface area contributed by atoms with E-state index in [1.807, 2.05) is 6.92 Å². The number of halogens is 1. The minimum atomic E-state index is -0.262. The van der Waals surface area contributed by atoms with Gasteiger partial charge >= 0.3 is 0 Å². The minimum absolute atomic E-state index is 0.0581. The summed E-state index contributed by atoms with van der Waals surface area (Å²) in [5.74, 6) is 0.166. The third-order valence-corrected chi connectivity index (χ3v) is 2.90. The first-order valence-corrected chi connectivity index (χ1v) is 6.18. The summed E-state index contributed by atoms with van der Waals surface area (Å²) in [7, 11) is 0. The van der Waals surface area contributed by atoms with Crippen LogP contribution in [0.5, 0.6) is 0 Å². The molecular weight excluding hydrogens is 227 g/mol. The molecule has 0 aromatic heterocycles. The number of benzene rings is 1. The fourth-order valence-electron chi connectivity index (χ4n) is 1.07. The highest BCUT2D eigenvalue weighted by atomic mass is 32.2. The standard InChI is InChI=1S/C12H15FO2S/c1-2-7-15-8-11(14)9-16-12-5-3-10(13)4-6-12/h3-6H,2,7-9H2,1H3. The second-order valence-electron chi connectivity index (χ2n) is 3.33. The van der Waals surface area contributed by atoms with Crippen LogP contribution in [0.2, 0.25) is 0 Å². The SMILES string of the molecule is CCCOCC(=O)CSc1ccc(F)cc1. The van der Waals surface area contributed by atoms with Crippen molar-refractivity contribution >= 4 is 17.5 Å². The Morgan fingerprint density at radius 2 is 2.06 bits per heavy atom. The number of hydrogen-bond acceptors (Lipinski definition) is 3. The van der Waals surface area contributed by atoms with Gasteiger partial charge in [0.25, 0.3) is 0 Å². The Bertz CT molecular complexity index is 324. The van der Waals surface area contributed by atoms with Gasteiger partial charge in [-0.2, -0.15) is 0 Å². The smallest absolute Gasteiger partial charge is 0.168 e. The molecule has 1 aromatic rings. The summed E-state index contributed by atoms with van der Waals surface area (Å²) in [6.07, 6.45) is 0.915. The average molecular weight is 242 g/mol. The summed E-state index contributed by atoms with van der Waals surface area (Å²) < 4.78 is 17.7. The zero-order chi connectivity index (χ0) is 11.8. The Balaban J connectivity index is 2.23. The van der Waals surface area contributed by atoms with Crippen molar-refractivity contribution in [2.24, 2.45) is 0 Å². The third-order valence-electron chi connectivity index (χ3n) is 1.82. The molecule has 16 heavy (non-hydrogen) atoms. The van der Waals surface area contributed by atoms with Crippen molar-refractivity contribution < 1.29 is 13.9 Å². The lowest BCUT2D eigenvalue weighted by atomic mass is 10.4. The normalized spacial score (nSPS) is 10.4. The van der Waals surface area contributed by atoms with Crippen molar-refractivity contribution in [2.45, 2.75) is 18.2 Å². The lowest BCUT2D eigenvalue weighted by molar-refractivity contribution is -0.121. The molecule has 0 radical (unpaired) electrons. The van der Waals surface area contributed by atoms with Crippen molar-refractivity contribution in [3.05, 3.63) is 30.1 Å². The molecule has 2 nitrogen and oxygen atoms in total. The molecule has 0 saturated carbocycles. The molecule has 0 aliphatic carbocycles. The molecule has 0 fully saturated rings. The summed E-state index contributed by atoms with van der Waals surface area (Å²) in [5.41, 5.74) is 0. The van der Waals surface area contributed by atoms with Crippen LogP contribution in [0.3, 0.4) is 0 Å². The number of ketones is 1. The Morgan fingerprint density at radius 1 is 1.38 bits per heavy atom. The van der Waals surface area contributed by atoms with Crippen LogP contribution in [0, 0.1) is 5.82 Å². The number of hydrogen-bond donors (Lipinski definition) is 0. The quantitative estimate of drug-likeness (QED) is 0.543. The summed E-state index contributed by atoms with van der Waals surface area (Å²) >= 11 is 1.40. The molecule has 0 saturated heterocycles. The van der Waals surface area contributed by atoms with Gasteiger partial charge in [0.1, 0.15) is 12.4 Å². The molecule has 4 heteroatoms. The molecular formula is C12H15FO2S. The summed E-state index contributed by atoms with van der Waals surface area (Å²) in [6, 6.07) is 6.11. The predicted molar refractivity (Wildman–Crippen MR) is 63.2 cm³/mol. The molecule has 0 unspecified atom stereocenters. The van der Waals surface area contributed by atoms with E-state index >= 15 is 0 Å². The van der Waals surface area contributed by atoms with E-state index in [-0.39, 0.29) is 18.2 Å². The van der Waals surface area contributed by atoms with Gasteiger partial charge in [0.05, 0.1) is 5.75 Å². The summed E-state index contributed by atoms with van der Waals surface area (Å²) in [5, 5.41) is 0. The molecule has 0 spiro atoms. The van der Waals surface area contributed by atoms with E-state index in [1.54, 1.807) is 12.1 Å². The first-order chi connectivity index (χ1) is 7.72. The molecule has 0 aliphatic heterocycles. The van der Waals surface area contributed by atoms with Crippen LogP contribution in [0.1, 0.15) is 13.3 Å². The van der Waals surface area contributed by atoms with E-state index in [9.17, 15) is 9.18 Å². The van der Waals surface area contributed by atoms with Crippen molar-refractivity contribution in [3.8, 4) is 0 Å². The van der Waals surface area contributed by atoms with Crippen LogP contribution in [0.4, 0.5) is 4.39 Å². The number of ether oxygens (including phenoxy) is 1. The van der Waals surface area contributed by atoms with E-state index in [0.29, 0.717) is 12.4 Å². The number of thioether (sulfide) groups is 1. The monoisotopic (exact) mass is 242 g/mol. The van der Waals surface area contributed by atoms with Crippen LogP contribution in [-0.4, -0.2) is 24.7 Å². The summed E-state index contributed by atoms with van der Waals surface area (Å²) in [6.45, 7) is 2.78. The molecule has 88 valence electrons. The number of carbonyl (C=O) groups excluding carboxylic acids is 1. The second kappa shape index (κ2) is 7.41. The van der Waals surface area contributed by atoms with Crippen molar-refractivity contribution in [1.29, 1.82) is 0 Å². The molecule has 1 rings (SSSR count). The maximum atomic E-state index is 12.6. The first-order valence-electron chi connectivity index (χ1n) is 5.20. The van der Waals surface area contributed by atoms with E-state index in [0.717, 1.165) is 11.3 Å². The van der Waals surface area contributed by atoms with Gasteiger partial charge in [-0.3, -0.25) is 4.79 Å². The molecule has 0 atom stereocenters. The Kier molecular flexibility index (Phi) is 6.11. The average Bonchev–Trinajstić information content (AvgIpc) is 2.29. The maximum absolute atomic E-state index is 12.6. The largest absolute Gasteiger partial charge is 0.374 e. The van der Waals surface area contributed by atoms with Crippen LogP contribution in [-0.2, 0) is 9.53 Å². The molecule has 1 aromatic carbocycles. The van der Waals surface area contributed by atoms with E-state index in [4.69, 9.17) is 4.74 Å². The number of carbonyl (C=O) groups is 1. The van der Waals surface area contributed by atoms with Gasteiger partial charge in [0.15, 0.2) is 5.78 Å². The first kappa shape index (κ1) is 13.2. The zero-order valence-electron chi connectivity index (χ0n) is 9.24. The van der Waals surface area contributed by atoms with E-state index in [2.05, 4.69) is 0 Å². The van der Waals surface area contributed by atoms with Crippen LogP contribution >= 0.6 is 11.8 Å². The Hall–Kier alpha value is -0.870. The van der Waals surface area contributed by atoms with Gasteiger partial charge in [-0.1, -0.05) is 6.92 Å². The van der Waals surface area contributed by atoms with E-state index < -0.39 is 0 Å². The third kappa shape index (κ3) is 5.28. The fraction of sp³-hybridized carbons (Fsp3) is 0.417. The second-order valence-corrected chi connectivity index (χ2v) is 4.38. The predicted octanol–water partition coefficient (Wildman–Crippen LogP) is 2.91. The van der Waals surface area contributed by atoms with Gasteiger partial charge in [-0.25, -0.2) is 4.39 Å². The molecule has 0 aliphatic rings. The summed E-state index contributed by atoms with van der Waals surface area (Å²) in [4.78, 5) is 12.2. The van der Waals surface area contributed by atoms with Crippen molar-refractivity contribution in [2.75, 3.05) is 19.0 Å². The van der Waals surface area contributed by atoms with E-state index in [1.165, 1.54) is 23.9 Å². The Morgan fingerprint density at radius 3 is 2.69 bits per heavy atom. The lowest BCUT2D eigenvalue weighted by Crippen LogP contribution is -2.11. The van der Waals surface area contributed by atoms with Gasteiger partial charge < -0.3 is 4.74 Å². The molecule has 0 amide bonds. The van der Waals surface area contributed by atoms with Crippen LogP contribution in [0.25, 0.3) is 0 Å². The van der Waals surface area contributed by atoms with Crippen LogP contribution in [0.15, 0.2) is 29.2 Å². The Labute approximate surface area is 99.2 Å². The van der Waals surface area contributed by atoms with Gasteiger partial charge in [0.2, 0.25) is 0 Å². The molecule has 0 N–H and O–H groups in total. The van der Waals surface area contributed by atoms with Crippen LogP contribution < -0.4 is 0 Å². The topological polar surface area (TPSA) is 26.3 Å². The highest BCUT2D eigenvalue weighted by Crippen LogP contribution is 2.17. The molecule has 0 heterocycles. The van der Waals surface area contributed by atoms with Gasteiger partial charge in [-0.05, 0) is 30.7 Å². The highest BCUT2D eigenvalue weighted by Gasteiger charge is 2.03. The van der Waals surface area contributed by atoms with Crippen molar-refractivity contribution in [1.82, 2.24) is 0 Å². The number of rotatable bonds is 7. The highest BCUT2D eigenvalue weighted by molar-refractivity contribution is 8.00. The minimum Gasteiger partial charge on any atom is -0.374 e. The fourth-order valence-corrected chi connectivity index (χ4v) is 1.81. The lowest BCUT2D eigenvalue weighted by Gasteiger charge is -2.02. The van der Waals surface area contributed by atoms with Gasteiger partial charge in [0, 0.05) is 11.5 Å². The zero-order valence-corrected chi connectivity index (χ0v) is 10.1. The maximum Gasteiger partial charge on any atom is 0.168 e. The van der Waals surface area contributed by atoms with Crippen molar-refractivity contribution in [3.63, 3.8) is 0 Å².